The van der Waals surface area contributed by atoms with Gasteiger partial charge in [-0.25, -0.2) is 0 Å². The molecule has 0 saturated heterocycles. The normalized spacial score (nSPS) is 27.5. The maximum absolute atomic E-state index is 4.22. The molecule has 0 aliphatic heterocycles. The van der Waals surface area contributed by atoms with Crippen LogP contribution in [0.25, 0.3) is 0 Å². The maximum atomic E-state index is 4.22. The summed E-state index contributed by atoms with van der Waals surface area (Å²) in [6.45, 7) is 8.39. The molecule has 0 heterocycles. The number of fused-ring (bicyclic) bond motifs is 1. The zero-order valence-corrected chi connectivity index (χ0v) is 10.5. The molecule has 2 aliphatic rings. The van der Waals surface area contributed by atoms with E-state index in [4.69, 9.17) is 0 Å². The van der Waals surface area contributed by atoms with E-state index in [-0.39, 0.29) is 0 Å². The summed E-state index contributed by atoms with van der Waals surface area (Å²) in [6.07, 6.45) is 13.8. The highest BCUT2D eigenvalue weighted by atomic mass is 14.3. The first-order chi connectivity index (χ1) is 8.22. The Morgan fingerprint density at radius 3 is 3.12 bits per heavy atom. The van der Waals surface area contributed by atoms with Gasteiger partial charge in [-0.2, -0.15) is 0 Å². The van der Waals surface area contributed by atoms with E-state index in [9.17, 15) is 0 Å². The molecule has 2 aliphatic carbocycles. The molecule has 0 spiro atoms. The maximum Gasteiger partial charge on any atom is 0.0170 e. The smallest absolute Gasteiger partial charge is 0.0170 e. The lowest BCUT2D eigenvalue weighted by Gasteiger charge is -2.13. The van der Waals surface area contributed by atoms with Crippen LogP contribution in [0.4, 0.5) is 0 Å². The molecule has 0 radical (unpaired) electrons. The Balaban J connectivity index is 2.19. The van der Waals surface area contributed by atoms with Crippen molar-refractivity contribution in [2.75, 3.05) is 0 Å². The molecule has 1 unspecified atom stereocenters. The average Bonchev–Trinajstić information content (AvgIpc) is 2.54. The Bertz CT molecular complexity index is 498. The van der Waals surface area contributed by atoms with E-state index >= 15 is 0 Å². The number of hydrogen-bond acceptors (Lipinski definition) is 0. The quantitative estimate of drug-likeness (QED) is 0.485. The zero-order valence-electron chi connectivity index (χ0n) is 10.5. The second kappa shape index (κ2) is 5.06. The predicted octanol–water partition coefficient (Wildman–Crippen LogP) is 4.20. The fourth-order valence-electron chi connectivity index (χ4n) is 2.19. The lowest BCUT2D eigenvalue weighted by atomic mass is 9.89. The minimum absolute atomic E-state index is 0.468. The highest BCUT2D eigenvalue weighted by molar-refractivity contribution is 5.49. The van der Waals surface area contributed by atoms with Crippen LogP contribution in [0.5, 0.6) is 0 Å². The van der Waals surface area contributed by atoms with Crippen LogP contribution in [-0.2, 0) is 0 Å². The van der Waals surface area contributed by atoms with E-state index in [1.54, 1.807) is 0 Å². The third kappa shape index (κ3) is 2.50. The van der Waals surface area contributed by atoms with Gasteiger partial charge in [-0.05, 0) is 31.1 Å². The zero-order chi connectivity index (χ0) is 12.3. The van der Waals surface area contributed by atoms with Gasteiger partial charge in [0.15, 0.2) is 0 Å². The minimum Gasteiger partial charge on any atom is -0.0979 e. The van der Waals surface area contributed by atoms with E-state index in [1.165, 1.54) is 16.7 Å². The van der Waals surface area contributed by atoms with Gasteiger partial charge in [0, 0.05) is 18.3 Å². The second-order valence-electron chi connectivity index (χ2n) is 4.58. The fourth-order valence-corrected chi connectivity index (χ4v) is 2.19. The van der Waals surface area contributed by atoms with Crippen LogP contribution in [0.3, 0.4) is 0 Å². The molecular formula is C17H18. The summed E-state index contributed by atoms with van der Waals surface area (Å²) in [5.41, 5.74) is 3.78. The lowest BCUT2D eigenvalue weighted by Crippen LogP contribution is -2.05. The molecule has 0 aromatic carbocycles. The van der Waals surface area contributed by atoms with Gasteiger partial charge in [0.05, 0.1) is 0 Å². The molecule has 0 aromatic heterocycles. The summed E-state index contributed by atoms with van der Waals surface area (Å²) < 4.78 is 0. The minimum atomic E-state index is 0.468. The van der Waals surface area contributed by atoms with Crippen LogP contribution >= 0.6 is 0 Å². The standard InChI is InChI=1S/C17H18/c1-4-13(2)10-11-15-12-16-8-6-5-7-9-17(16)14(15)3/h4,6,8,10-12,16-17H,3,9H2,1-2H3/b11-10+,13-4-/t16?,17-/m0/s1. The summed E-state index contributed by atoms with van der Waals surface area (Å²) in [5, 5.41) is 0. The summed E-state index contributed by atoms with van der Waals surface area (Å²) >= 11 is 0. The Labute approximate surface area is 104 Å². The highest BCUT2D eigenvalue weighted by Gasteiger charge is 2.28. The number of allylic oxidation sites excluding steroid dienone is 9. The largest absolute Gasteiger partial charge is 0.0979 e. The van der Waals surface area contributed by atoms with Crippen molar-refractivity contribution in [2.45, 2.75) is 20.3 Å². The fraction of sp³-hybridized carbons (Fsp3) is 0.294. The van der Waals surface area contributed by atoms with E-state index in [2.05, 4.69) is 62.6 Å². The Hall–Kier alpha value is -1.74. The first-order valence-corrected chi connectivity index (χ1v) is 6.09. The topological polar surface area (TPSA) is 0 Å². The highest BCUT2D eigenvalue weighted by Crippen LogP contribution is 2.39. The van der Waals surface area contributed by atoms with Crippen molar-refractivity contribution in [3.63, 3.8) is 0 Å². The predicted molar refractivity (Wildman–Crippen MR) is 74.3 cm³/mol. The molecule has 0 fully saturated rings. The molecule has 2 rings (SSSR count). The molecule has 0 bridgehead atoms. The monoisotopic (exact) mass is 222 g/mol. The van der Waals surface area contributed by atoms with Crippen LogP contribution in [0.1, 0.15) is 20.3 Å². The first kappa shape index (κ1) is 11.7. The van der Waals surface area contributed by atoms with Gasteiger partial charge in [-0.3, -0.25) is 0 Å². The summed E-state index contributed by atoms with van der Waals surface area (Å²) in [5.74, 6) is 7.17. The first-order valence-electron chi connectivity index (χ1n) is 6.09. The van der Waals surface area contributed by atoms with Crippen molar-refractivity contribution < 1.29 is 0 Å². The molecule has 0 aromatic rings. The summed E-state index contributed by atoms with van der Waals surface area (Å²) in [4.78, 5) is 0. The van der Waals surface area contributed by atoms with Crippen LogP contribution in [-0.4, -0.2) is 0 Å². The van der Waals surface area contributed by atoms with Gasteiger partial charge in [0.1, 0.15) is 0 Å². The van der Waals surface area contributed by atoms with Crippen molar-refractivity contribution in [1.82, 2.24) is 0 Å². The summed E-state index contributed by atoms with van der Waals surface area (Å²) in [6, 6.07) is 0. The molecule has 17 heavy (non-hydrogen) atoms. The molecule has 0 amide bonds. The van der Waals surface area contributed by atoms with Gasteiger partial charge in [-0.15, -0.1) is 0 Å². The van der Waals surface area contributed by atoms with E-state index in [0.29, 0.717) is 11.8 Å². The third-order valence-corrected chi connectivity index (χ3v) is 3.46. The molecule has 0 saturated carbocycles. The van der Waals surface area contributed by atoms with E-state index in [1.807, 2.05) is 6.08 Å². The van der Waals surface area contributed by atoms with Crippen molar-refractivity contribution in [3.8, 4) is 11.8 Å². The lowest BCUT2D eigenvalue weighted by molar-refractivity contribution is 0.578. The van der Waals surface area contributed by atoms with Crippen molar-refractivity contribution in [1.29, 1.82) is 0 Å². The van der Waals surface area contributed by atoms with Gasteiger partial charge in [0.2, 0.25) is 0 Å². The Morgan fingerprint density at radius 1 is 1.53 bits per heavy atom. The van der Waals surface area contributed by atoms with Crippen LogP contribution in [0.15, 0.2) is 59.8 Å². The van der Waals surface area contributed by atoms with Crippen LogP contribution < -0.4 is 0 Å². The molecular weight excluding hydrogens is 204 g/mol. The number of hydrogen-bond donors (Lipinski definition) is 0. The van der Waals surface area contributed by atoms with Gasteiger partial charge in [0.25, 0.3) is 0 Å². The molecule has 0 heteroatoms. The Kier molecular flexibility index (Phi) is 3.49. The van der Waals surface area contributed by atoms with Gasteiger partial charge >= 0.3 is 0 Å². The summed E-state index contributed by atoms with van der Waals surface area (Å²) in [7, 11) is 0. The second-order valence-corrected chi connectivity index (χ2v) is 4.58. The van der Waals surface area contributed by atoms with Crippen molar-refractivity contribution in [2.24, 2.45) is 11.8 Å². The van der Waals surface area contributed by atoms with Crippen molar-refractivity contribution >= 4 is 0 Å². The SMILES string of the molecule is C=C1C(/C=C/C(C)=C\C)=CC2C=CC#CC[C@@H]12. The van der Waals surface area contributed by atoms with Crippen molar-refractivity contribution in [3.05, 3.63) is 59.8 Å². The van der Waals surface area contributed by atoms with Crippen LogP contribution in [0.2, 0.25) is 0 Å². The molecule has 0 nitrogen and oxygen atoms in total. The van der Waals surface area contributed by atoms with E-state index in [0.717, 1.165) is 6.42 Å². The van der Waals surface area contributed by atoms with Crippen LogP contribution in [0, 0.1) is 23.7 Å². The molecule has 0 N–H and O–H groups in total. The van der Waals surface area contributed by atoms with Gasteiger partial charge < -0.3 is 0 Å². The third-order valence-electron chi connectivity index (χ3n) is 3.46. The average molecular weight is 222 g/mol. The Morgan fingerprint density at radius 2 is 2.35 bits per heavy atom. The van der Waals surface area contributed by atoms with E-state index < -0.39 is 0 Å². The molecule has 86 valence electrons. The van der Waals surface area contributed by atoms with Gasteiger partial charge in [-0.1, -0.05) is 54.4 Å². The number of rotatable bonds is 2. The molecule has 2 atom stereocenters.